The summed E-state index contributed by atoms with van der Waals surface area (Å²) in [6.07, 6.45) is 4.55. The van der Waals surface area contributed by atoms with Gasteiger partial charge in [-0.15, -0.1) is 0 Å². The molecule has 0 radical (unpaired) electrons. The summed E-state index contributed by atoms with van der Waals surface area (Å²) in [5, 5.41) is 10.5. The number of phenolic OH excluding ortho intramolecular Hbond substituents is 1. The third-order valence-corrected chi connectivity index (χ3v) is 2.39. The summed E-state index contributed by atoms with van der Waals surface area (Å²) in [6.45, 7) is 1.93. The summed E-state index contributed by atoms with van der Waals surface area (Å²) < 4.78 is 4.97. The fourth-order valence-electron chi connectivity index (χ4n) is 1.56. The van der Waals surface area contributed by atoms with Crippen molar-refractivity contribution in [3.05, 3.63) is 52.4 Å². The lowest BCUT2D eigenvalue weighted by molar-refractivity contribution is 0.467. The molecule has 82 valence electrons. The van der Waals surface area contributed by atoms with E-state index in [9.17, 15) is 9.90 Å². The number of benzene rings is 1. The van der Waals surface area contributed by atoms with Crippen LogP contribution in [0.1, 0.15) is 12.5 Å². The van der Waals surface area contributed by atoms with Crippen molar-refractivity contribution in [3.8, 4) is 5.75 Å². The Balaban J connectivity index is 2.58. The van der Waals surface area contributed by atoms with Crippen molar-refractivity contribution in [2.45, 2.75) is 13.3 Å². The van der Waals surface area contributed by atoms with Crippen LogP contribution in [0, 0.1) is 0 Å². The zero-order chi connectivity index (χ0) is 11.5. The Bertz CT molecular complexity index is 594. The summed E-state index contributed by atoms with van der Waals surface area (Å²) in [4.78, 5) is 11.0. The van der Waals surface area contributed by atoms with Gasteiger partial charge in [-0.3, -0.25) is 0 Å². The van der Waals surface area contributed by atoms with Crippen LogP contribution in [0.25, 0.3) is 11.0 Å². The molecule has 0 aliphatic rings. The number of phenols is 1. The molecule has 16 heavy (non-hydrogen) atoms. The van der Waals surface area contributed by atoms with Crippen LogP contribution in [-0.2, 0) is 6.42 Å². The molecule has 0 aliphatic carbocycles. The number of allylic oxidation sites excluding steroid dienone is 2. The highest BCUT2D eigenvalue weighted by Crippen LogP contribution is 2.24. The number of fused-ring (bicyclic) bond motifs is 1. The molecular weight excluding hydrogens is 204 g/mol. The second-order valence-corrected chi connectivity index (χ2v) is 3.55. The molecule has 2 rings (SSSR count). The van der Waals surface area contributed by atoms with Gasteiger partial charge in [-0.05, 0) is 31.0 Å². The summed E-state index contributed by atoms with van der Waals surface area (Å²) in [7, 11) is 0. The van der Waals surface area contributed by atoms with E-state index in [4.69, 9.17) is 4.42 Å². The van der Waals surface area contributed by atoms with Crippen molar-refractivity contribution in [2.75, 3.05) is 0 Å². The van der Waals surface area contributed by atoms with Crippen molar-refractivity contribution in [3.63, 3.8) is 0 Å². The van der Waals surface area contributed by atoms with E-state index >= 15 is 0 Å². The first-order valence-corrected chi connectivity index (χ1v) is 5.07. The Labute approximate surface area is 92.6 Å². The van der Waals surface area contributed by atoms with Gasteiger partial charge in [-0.2, -0.15) is 0 Å². The highest BCUT2D eigenvalue weighted by atomic mass is 16.4. The van der Waals surface area contributed by atoms with Crippen LogP contribution in [0.5, 0.6) is 5.75 Å². The average molecular weight is 216 g/mol. The lowest BCUT2D eigenvalue weighted by atomic mass is 10.1. The number of hydrogen-bond acceptors (Lipinski definition) is 3. The van der Waals surface area contributed by atoms with Crippen LogP contribution >= 0.6 is 0 Å². The molecule has 3 heteroatoms. The summed E-state index contributed by atoms with van der Waals surface area (Å²) in [5.74, 6) is 0.153. The maximum atomic E-state index is 11.0. The minimum atomic E-state index is -0.409. The van der Waals surface area contributed by atoms with Crippen LogP contribution < -0.4 is 5.63 Å². The lowest BCUT2D eigenvalue weighted by Gasteiger charge is -2.03. The van der Waals surface area contributed by atoms with Crippen molar-refractivity contribution in [1.29, 1.82) is 0 Å². The van der Waals surface area contributed by atoms with Crippen LogP contribution in [0.2, 0.25) is 0 Å². The number of rotatable bonds is 2. The molecule has 0 spiro atoms. The van der Waals surface area contributed by atoms with Crippen molar-refractivity contribution in [2.24, 2.45) is 0 Å². The molecule has 0 saturated carbocycles. The largest absolute Gasteiger partial charge is 0.508 e. The van der Waals surface area contributed by atoms with Crippen LogP contribution in [0.4, 0.5) is 0 Å². The Morgan fingerprint density at radius 2 is 2.19 bits per heavy atom. The Morgan fingerprint density at radius 3 is 2.94 bits per heavy atom. The molecule has 0 saturated heterocycles. The zero-order valence-corrected chi connectivity index (χ0v) is 8.93. The first-order chi connectivity index (χ1) is 7.70. The Hall–Kier alpha value is -2.03. The average Bonchev–Trinajstić information content (AvgIpc) is 2.26. The smallest absolute Gasteiger partial charge is 0.336 e. The van der Waals surface area contributed by atoms with Crippen molar-refractivity contribution in [1.82, 2.24) is 0 Å². The normalized spacial score (nSPS) is 11.3. The molecule has 1 aromatic carbocycles. The lowest BCUT2D eigenvalue weighted by Crippen LogP contribution is -1.95. The Kier molecular flexibility index (Phi) is 2.77. The Morgan fingerprint density at radius 1 is 1.38 bits per heavy atom. The van der Waals surface area contributed by atoms with Crippen molar-refractivity contribution < 1.29 is 9.52 Å². The second kappa shape index (κ2) is 4.23. The predicted molar refractivity (Wildman–Crippen MR) is 62.7 cm³/mol. The standard InChI is InChI=1S/C13H12O3/c1-2-3-4-9-7-10-5-6-13(15)16-12(10)8-11(9)14/h2-3,5-8,14H,4H2,1H3. The van der Waals surface area contributed by atoms with Crippen LogP contribution in [0.15, 0.2) is 45.6 Å². The highest BCUT2D eigenvalue weighted by molar-refractivity contribution is 5.79. The zero-order valence-electron chi connectivity index (χ0n) is 8.93. The van der Waals surface area contributed by atoms with E-state index in [2.05, 4.69) is 0 Å². The topological polar surface area (TPSA) is 50.4 Å². The fraction of sp³-hybridized carbons (Fsp3) is 0.154. The van der Waals surface area contributed by atoms with Crippen LogP contribution in [-0.4, -0.2) is 5.11 Å². The van der Waals surface area contributed by atoms with Gasteiger partial charge in [0.15, 0.2) is 0 Å². The minimum absolute atomic E-state index is 0.153. The molecule has 0 fully saturated rings. The van der Waals surface area contributed by atoms with Gasteiger partial charge in [-0.25, -0.2) is 4.79 Å². The molecule has 3 nitrogen and oxygen atoms in total. The molecule has 0 bridgehead atoms. The first-order valence-electron chi connectivity index (χ1n) is 5.07. The summed E-state index contributed by atoms with van der Waals surface area (Å²) in [6, 6.07) is 6.38. The maximum Gasteiger partial charge on any atom is 0.336 e. The van der Waals surface area contributed by atoms with Gasteiger partial charge in [0.1, 0.15) is 11.3 Å². The molecule has 0 atom stereocenters. The minimum Gasteiger partial charge on any atom is -0.508 e. The van der Waals surface area contributed by atoms with E-state index in [0.717, 1.165) is 10.9 Å². The SMILES string of the molecule is CC=CCc1cc2ccc(=O)oc2cc1O. The molecule has 0 aliphatic heterocycles. The number of hydrogen-bond donors (Lipinski definition) is 1. The van der Waals surface area contributed by atoms with Crippen molar-refractivity contribution >= 4 is 11.0 Å². The van der Waals surface area contributed by atoms with Gasteiger partial charge in [0, 0.05) is 17.5 Å². The van der Waals surface area contributed by atoms with E-state index in [1.807, 2.05) is 25.1 Å². The summed E-state index contributed by atoms with van der Waals surface area (Å²) in [5.41, 5.74) is 0.821. The van der Waals surface area contributed by atoms with Gasteiger partial charge in [0.2, 0.25) is 0 Å². The van der Waals surface area contributed by atoms with Gasteiger partial charge < -0.3 is 9.52 Å². The van der Waals surface area contributed by atoms with Gasteiger partial charge >= 0.3 is 5.63 Å². The first kappa shape index (κ1) is 10.5. The van der Waals surface area contributed by atoms with E-state index in [1.54, 1.807) is 6.07 Å². The molecular formula is C13H12O3. The second-order valence-electron chi connectivity index (χ2n) is 3.55. The third-order valence-electron chi connectivity index (χ3n) is 2.39. The predicted octanol–water partition coefficient (Wildman–Crippen LogP) is 2.62. The highest BCUT2D eigenvalue weighted by Gasteiger charge is 2.04. The molecule has 0 unspecified atom stereocenters. The molecule has 1 aromatic heterocycles. The quantitative estimate of drug-likeness (QED) is 0.620. The van der Waals surface area contributed by atoms with E-state index in [1.165, 1.54) is 12.1 Å². The third kappa shape index (κ3) is 1.98. The van der Waals surface area contributed by atoms with Gasteiger partial charge in [0.05, 0.1) is 0 Å². The molecule has 0 amide bonds. The van der Waals surface area contributed by atoms with E-state index < -0.39 is 5.63 Å². The maximum absolute atomic E-state index is 11.0. The van der Waals surface area contributed by atoms with Gasteiger partial charge in [0.25, 0.3) is 0 Å². The molecule has 1 heterocycles. The summed E-state index contributed by atoms with van der Waals surface area (Å²) >= 11 is 0. The molecule has 2 aromatic rings. The molecule has 1 N–H and O–H groups in total. The van der Waals surface area contributed by atoms with E-state index in [0.29, 0.717) is 12.0 Å². The van der Waals surface area contributed by atoms with Crippen LogP contribution in [0.3, 0.4) is 0 Å². The van der Waals surface area contributed by atoms with Gasteiger partial charge in [-0.1, -0.05) is 12.2 Å². The van der Waals surface area contributed by atoms with E-state index in [-0.39, 0.29) is 5.75 Å². The monoisotopic (exact) mass is 216 g/mol. The number of aromatic hydroxyl groups is 1. The fourth-order valence-corrected chi connectivity index (χ4v) is 1.56.